The number of halogens is 2. The Bertz CT molecular complexity index is 491. The lowest BCUT2D eigenvalue weighted by Gasteiger charge is -2.35. The van der Waals surface area contributed by atoms with Crippen LogP contribution >= 0.6 is 24.8 Å². The summed E-state index contributed by atoms with van der Waals surface area (Å²) < 4.78 is 5.32. The Balaban J connectivity index is 0.00000312. The summed E-state index contributed by atoms with van der Waals surface area (Å²) in [5.41, 5.74) is 0.966. The van der Waals surface area contributed by atoms with Crippen LogP contribution in [0.2, 0.25) is 0 Å². The molecule has 150 valence electrons. The average Bonchev–Trinajstić information content (AvgIpc) is 2.60. The van der Waals surface area contributed by atoms with E-state index in [1.807, 2.05) is 6.07 Å². The van der Waals surface area contributed by atoms with Crippen molar-refractivity contribution < 1.29 is 9.53 Å². The Morgan fingerprint density at radius 2 is 1.88 bits per heavy atom. The summed E-state index contributed by atoms with van der Waals surface area (Å²) in [4.78, 5) is 14.9. The van der Waals surface area contributed by atoms with E-state index in [9.17, 15) is 4.79 Å². The molecule has 1 heterocycles. The van der Waals surface area contributed by atoms with Crippen LogP contribution in [-0.2, 0) is 16.1 Å². The molecule has 1 aromatic rings. The highest BCUT2D eigenvalue weighted by Gasteiger charge is 2.39. The second-order valence-corrected chi connectivity index (χ2v) is 6.80. The highest BCUT2D eigenvalue weighted by atomic mass is 35.5. The van der Waals surface area contributed by atoms with Crippen molar-refractivity contribution in [2.75, 3.05) is 46.9 Å². The number of benzene rings is 1. The van der Waals surface area contributed by atoms with Crippen molar-refractivity contribution >= 4 is 30.7 Å². The molecule has 1 fully saturated rings. The minimum absolute atomic E-state index is 0. The third-order valence-electron chi connectivity index (χ3n) is 4.76. The van der Waals surface area contributed by atoms with E-state index in [4.69, 9.17) is 4.74 Å². The number of piperidine rings is 1. The van der Waals surface area contributed by atoms with E-state index in [-0.39, 0.29) is 36.1 Å². The van der Waals surface area contributed by atoms with Crippen molar-refractivity contribution in [3.8, 4) is 0 Å². The zero-order valence-electron chi connectivity index (χ0n) is 15.8. The van der Waals surface area contributed by atoms with Gasteiger partial charge in [-0.15, -0.1) is 24.8 Å². The van der Waals surface area contributed by atoms with Crippen LogP contribution in [0, 0.1) is 5.41 Å². The number of nitrogens with zero attached hydrogens (tertiary/aromatic N) is 1. The minimum Gasteiger partial charge on any atom is -0.384 e. The van der Waals surface area contributed by atoms with E-state index in [2.05, 4.69) is 46.8 Å². The van der Waals surface area contributed by atoms with E-state index < -0.39 is 0 Å². The number of hydrogen-bond donors (Lipinski definition) is 2. The number of amides is 1. The van der Waals surface area contributed by atoms with Gasteiger partial charge in [-0.05, 0) is 51.5 Å². The van der Waals surface area contributed by atoms with Crippen LogP contribution in [0.4, 0.5) is 0 Å². The Morgan fingerprint density at radius 1 is 1.23 bits per heavy atom. The fraction of sp³-hybridized carbons (Fsp3) is 0.632. The lowest BCUT2D eigenvalue weighted by atomic mass is 9.78. The molecule has 7 heteroatoms. The number of ether oxygens (including phenoxy) is 1. The Labute approximate surface area is 170 Å². The quantitative estimate of drug-likeness (QED) is 0.619. The number of nitrogens with one attached hydrogen (secondary N) is 2. The van der Waals surface area contributed by atoms with Crippen molar-refractivity contribution in [2.45, 2.75) is 25.8 Å². The maximum atomic E-state index is 12.6. The lowest BCUT2D eigenvalue weighted by Crippen LogP contribution is -2.50. The van der Waals surface area contributed by atoms with Crippen molar-refractivity contribution in [1.82, 2.24) is 15.5 Å². The highest BCUT2D eigenvalue weighted by Crippen LogP contribution is 2.29. The van der Waals surface area contributed by atoms with Gasteiger partial charge in [0.2, 0.25) is 5.91 Å². The van der Waals surface area contributed by atoms with E-state index >= 15 is 0 Å². The smallest absolute Gasteiger partial charge is 0.228 e. The molecule has 0 radical (unpaired) electrons. The van der Waals surface area contributed by atoms with Gasteiger partial charge in [0.25, 0.3) is 0 Å². The monoisotopic (exact) mass is 405 g/mol. The highest BCUT2D eigenvalue weighted by molar-refractivity contribution is 5.85. The van der Waals surface area contributed by atoms with Crippen molar-refractivity contribution in [3.05, 3.63) is 35.9 Å². The molecule has 1 aromatic carbocycles. The van der Waals surface area contributed by atoms with Gasteiger partial charge in [-0.2, -0.15) is 0 Å². The molecule has 1 aliphatic heterocycles. The summed E-state index contributed by atoms with van der Waals surface area (Å²) in [5, 5.41) is 6.44. The minimum atomic E-state index is -0.351. The maximum Gasteiger partial charge on any atom is 0.228 e. The number of methoxy groups -OCH3 is 1. The van der Waals surface area contributed by atoms with Crippen molar-refractivity contribution in [2.24, 2.45) is 5.41 Å². The second-order valence-electron chi connectivity index (χ2n) is 6.80. The fourth-order valence-electron chi connectivity index (χ4n) is 3.33. The summed E-state index contributed by atoms with van der Waals surface area (Å²) in [5.74, 6) is 0.150. The van der Waals surface area contributed by atoms with Crippen LogP contribution in [0.3, 0.4) is 0 Å². The van der Waals surface area contributed by atoms with E-state index in [1.165, 1.54) is 5.56 Å². The van der Waals surface area contributed by atoms with Crippen LogP contribution in [-0.4, -0.2) is 57.8 Å². The maximum absolute atomic E-state index is 12.6. The standard InChI is InChI=1S/C19H31N3O2.2ClH/c1-22(15-17-7-4-3-5-8-17)14-6-11-21-18(23)19(16-24-2)9-12-20-13-10-19;;/h3-5,7-8,20H,6,9-16H2,1-2H3,(H,21,23);2*1H. The first-order valence-electron chi connectivity index (χ1n) is 8.87. The largest absolute Gasteiger partial charge is 0.384 e. The summed E-state index contributed by atoms with van der Waals surface area (Å²) in [6.45, 7) is 4.90. The zero-order valence-corrected chi connectivity index (χ0v) is 17.5. The number of carbonyl (C=O) groups excluding carboxylic acids is 1. The SMILES string of the molecule is COCC1(C(=O)NCCCN(C)Cc2ccccc2)CCNCC1.Cl.Cl. The molecule has 0 bridgehead atoms. The fourth-order valence-corrected chi connectivity index (χ4v) is 3.33. The molecule has 1 aliphatic rings. The number of hydrogen-bond acceptors (Lipinski definition) is 4. The van der Waals surface area contributed by atoms with E-state index in [0.717, 1.165) is 52.0 Å². The Hall–Kier alpha value is -0.850. The van der Waals surface area contributed by atoms with Crippen LogP contribution in [0.25, 0.3) is 0 Å². The Kier molecular flexibility index (Phi) is 12.9. The summed E-state index contributed by atoms with van der Waals surface area (Å²) in [6, 6.07) is 10.5. The molecule has 0 spiro atoms. The first kappa shape index (κ1) is 25.1. The van der Waals surface area contributed by atoms with E-state index in [1.54, 1.807) is 7.11 Å². The summed E-state index contributed by atoms with van der Waals surface area (Å²) >= 11 is 0. The molecule has 0 unspecified atom stereocenters. The van der Waals surface area contributed by atoms with Gasteiger partial charge in [0, 0.05) is 20.2 Å². The summed E-state index contributed by atoms with van der Waals surface area (Å²) in [7, 11) is 3.80. The van der Waals surface area contributed by atoms with Gasteiger partial charge in [0.05, 0.1) is 12.0 Å². The molecule has 0 atom stereocenters. The molecule has 0 aliphatic carbocycles. The van der Waals surface area contributed by atoms with Gasteiger partial charge in [-0.1, -0.05) is 30.3 Å². The molecule has 26 heavy (non-hydrogen) atoms. The van der Waals surface area contributed by atoms with Crippen LogP contribution in [0.5, 0.6) is 0 Å². The van der Waals surface area contributed by atoms with Crippen LogP contribution < -0.4 is 10.6 Å². The molecule has 1 saturated heterocycles. The first-order valence-corrected chi connectivity index (χ1v) is 8.87. The lowest BCUT2D eigenvalue weighted by molar-refractivity contribution is -0.136. The summed E-state index contributed by atoms with van der Waals surface area (Å²) in [6.07, 6.45) is 2.65. The molecule has 5 nitrogen and oxygen atoms in total. The molecule has 0 saturated carbocycles. The zero-order chi connectivity index (χ0) is 17.3. The number of carbonyl (C=O) groups is 1. The second kappa shape index (κ2) is 13.3. The first-order chi connectivity index (χ1) is 11.7. The Morgan fingerprint density at radius 3 is 2.50 bits per heavy atom. The molecule has 2 rings (SSSR count). The topological polar surface area (TPSA) is 53.6 Å². The average molecular weight is 406 g/mol. The molecule has 2 N–H and O–H groups in total. The molecule has 0 aromatic heterocycles. The van der Waals surface area contributed by atoms with Crippen LogP contribution in [0.1, 0.15) is 24.8 Å². The van der Waals surface area contributed by atoms with E-state index in [0.29, 0.717) is 6.61 Å². The predicted octanol–water partition coefficient (Wildman–Crippen LogP) is 2.48. The third kappa shape index (κ3) is 7.80. The molecular weight excluding hydrogens is 373 g/mol. The third-order valence-corrected chi connectivity index (χ3v) is 4.76. The van der Waals surface area contributed by atoms with Crippen LogP contribution in [0.15, 0.2) is 30.3 Å². The molecule has 1 amide bonds. The van der Waals surface area contributed by atoms with Gasteiger partial charge in [-0.25, -0.2) is 0 Å². The van der Waals surface area contributed by atoms with Gasteiger partial charge in [0.1, 0.15) is 0 Å². The van der Waals surface area contributed by atoms with Gasteiger partial charge in [-0.3, -0.25) is 4.79 Å². The van der Waals surface area contributed by atoms with Crippen molar-refractivity contribution in [3.63, 3.8) is 0 Å². The van der Waals surface area contributed by atoms with Crippen molar-refractivity contribution in [1.29, 1.82) is 0 Å². The van der Waals surface area contributed by atoms with Gasteiger partial charge >= 0.3 is 0 Å². The van der Waals surface area contributed by atoms with Gasteiger partial charge in [0.15, 0.2) is 0 Å². The predicted molar refractivity (Wildman–Crippen MR) is 111 cm³/mol. The molecular formula is C19H33Cl2N3O2. The number of rotatable bonds is 9. The van der Waals surface area contributed by atoms with Gasteiger partial charge < -0.3 is 20.3 Å². The normalized spacial score (nSPS) is 15.7.